The summed E-state index contributed by atoms with van der Waals surface area (Å²) < 4.78 is 26.7. The van der Waals surface area contributed by atoms with Crippen LogP contribution in [0.4, 0.5) is 0 Å². The molecule has 19 heavy (non-hydrogen) atoms. The van der Waals surface area contributed by atoms with Gasteiger partial charge < -0.3 is 5.11 Å². The van der Waals surface area contributed by atoms with Gasteiger partial charge in [0, 0.05) is 0 Å². The molecule has 0 aliphatic rings. The quantitative estimate of drug-likeness (QED) is 0.732. The van der Waals surface area contributed by atoms with Gasteiger partial charge in [-0.3, -0.25) is 5.10 Å². The summed E-state index contributed by atoms with van der Waals surface area (Å²) in [5.41, 5.74) is 0.655. The molecule has 1 aromatic carbocycles. The molecule has 1 heterocycles. The minimum absolute atomic E-state index is 0.123. The van der Waals surface area contributed by atoms with Gasteiger partial charge in [-0.25, -0.2) is 18.1 Å². The first-order chi connectivity index (χ1) is 9.03. The lowest BCUT2D eigenvalue weighted by atomic mass is 10.2. The monoisotopic (exact) mass is 282 g/mol. The van der Waals surface area contributed by atoms with Crippen molar-refractivity contribution < 1.29 is 13.5 Å². The molecule has 1 atom stereocenters. The Kier molecular flexibility index (Phi) is 3.93. The lowest BCUT2D eigenvalue weighted by molar-refractivity contribution is 0.282. The summed E-state index contributed by atoms with van der Waals surface area (Å²) in [7, 11) is -3.63. The highest BCUT2D eigenvalue weighted by Crippen LogP contribution is 2.14. The van der Waals surface area contributed by atoms with Gasteiger partial charge in [-0.2, -0.15) is 5.10 Å². The number of nitrogens with one attached hydrogen (secondary N) is 2. The molecule has 0 fully saturated rings. The third-order valence-corrected chi connectivity index (χ3v) is 4.15. The van der Waals surface area contributed by atoms with Crippen LogP contribution in [0.2, 0.25) is 0 Å². The van der Waals surface area contributed by atoms with Crippen LogP contribution in [0.25, 0.3) is 0 Å². The van der Waals surface area contributed by atoms with Crippen molar-refractivity contribution in [2.45, 2.75) is 24.5 Å². The Morgan fingerprint density at radius 2 is 2.05 bits per heavy atom. The predicted octanol–water partition coefficient (Wildman–Crippen LogP) is 0.336. The number of rotatable bonds is 5. The van der Waals surface area contributed by atoms with Crippen LogP contribution < -0.4 is 4.72 Å². The molecule has 102 valence electrons. The molecule has 0 bridgehead atoms. The highest BCUT2D eigenvalue weighted by atomic mass is 32.2. The van der Waals surface area contributed by atoms with Crippen molar-refractivity contribution in [2.24, 2.45) is 0 Å². The normalized spacial score (nSPS) is 13.4. The summed E-state index contributed by atoms with van der Waals surface area (Å²) in [5, 5.41) is 15.2. The van der Waals surface area contributed by atoms with Gasteiger partial charge in [0.05, 0.1) is 17.5 Å². The highest BCUT2D eigenvalue weighted by Gasteiger charge is 2.19. The van der Waals surface area contributed by atoms with Crippen molar-refractivity contribution in [1.82, 2.24) is 19.9 Å². The van der Waals surface area contributed by atoms with E-state index >= 15 is 0 Å². The van der Waals surface area contributed by atoms with Crippen LogP contribution >= 0.6 is 0 Å². The lowest BCUT2D eigenvalue weighted by Crippen LogP contribution is -2.27. The molecule has 0 amide bonds. The van der Waals surface area contributed by atoms with Crippen molar-refractivity contribution in [2.75, 3.05) is 0 Å². The Hall–Kier alpha value is -1.77. The number of aliphatic hydroxyl groups is 1. The summed E-state index contributed by atoms with van der Waals surface area (Å²) in [6.45, 7) is 1.54. The number of aliphatic hydroxyl groups excluding tert-OH is 1. The fraction of sp³-hybridized carbons (Fsp3) is 0.273. The molecule has 0 radical (unpaired) electrons. The van der Waals surface area contributed by atoms with E-state index in [0.29, 0.717) is 11.4 Å². The van der Waals surface area contributed by atoms with Crippen molar-refractivity contribution >= 4 is 10.0 Å². The number of aromatic nitrogens is 3. The van der Waals surface area contributed by atoms with E-state index in [1.807, 2.05) is 0 Å². The van der Waals surface area contributed by atoms with Gasteiger partial charge in [0.1, 0.15) is 12.2 Å². The molecule has 3 N–H and O–H groups in total. The van der Waals surface area contributed by atoms with Crippen molar-refractivity contribution in [3.8, 4) is 0 Å². The molecule has 8 heteroatoms. The van der Waals surface area contributed by atoms with E-state index < -0.39 is 16.1 Å². The molecular weight excluding hydrogens is 268 g/mol. The molecule has 1 unspecified atom stereocenters. The Balaban J connectivity index is 2.17. The van der Waals surface area contributed by atoms with Crippen LogP contribution in [0.15, 0.2) is 35.5 Å². The average molecular weight is 282 g/mol. The number of nitrogens with zero attached hydrogens (tertiary/aromatic N) is 2. The Morgan fingerprint density at radius 3 is 2.58 bits per heavy atom. The summed E-state index contributed by atoms with van der Waals surface area (Å²) in [5.74, 6) is 0.440. The van der Waals surface area contributed by atoms with Crippen molar-refractivity contribution in [3.63, 3.8) is 0 Å². The summed E-state index contributed by atoms with van der Waals surface area (Å²) in [6.07, 6.45) is 1.32. The summed E-state index contributed by atoms with van der Waals surface area (Å²) in [4.78, 5) is 4.03. The largest absolute Gasteiger partial charge is 0.392 e. The predicted molar refractivity (Wildman–Crippen MR) is 67.5 cm³/mol. The first-order valence-electron chi connectivity index (χ1n) is 5.60. The highest BCUT2D eigenvalue weighted by molar-refractivity contribution is 7.89. The van der Waals surface area contributed by atoms with Gasteiger partial charge in [0.15, 0.2) is 0 Å². The molecule has 2 rings (SSSR count). The van der Waals surface area contributed by atoms with E-state index in [2.05, 4.69) is 19.9 Å². The summed E-state index contributed by atoms with van der Waals surface area (Å²) in [6, 6.07) is 5.51. The minimum atomic E-state index is -3.63. The maximum absolute atomic E-state index is 12.1. The SMILES string of the molecule is CC(NS(=O)(=O)c1ccc(CO)cc1)c1ncn[nH]1. The maximum atomic E-state index is 12.1. The zero-order chi connectivity index (χ0) is 13.9. The van der Waals surface area contributed by atoms with Gasteiger partial charge in [0.25, 0.3) is 0 Å². The number of H-pyrrole nitrogens is 1. The van der Waals surface area contributed by atoms with Crippen LogP contribution in [-0.2, 0) is 16.6 Å². The molecule has 0 aliphatic heterocycles. The molecule has 2 aromatic rings. The third kappa shape index (κ3) is 3.16. The minimum Gasteiger partial charge on any atom is -0.392 e. The Morgan fingerprint density at radius 1 is 1.37 bits per heavy atom. The van der Waals surface area contributed by atoms with Gasteiger partial charge in [-0.05, 0) is 24.6 Å². The number of hydrogen-bond donors (Lipinski definition) is 3. The van der Waals surface area contributed by atoms with E-state index in [9.17, 15) is 8.42 Å². The molecule has 1 aromatic heterocycles. The third-order valence-electron chi connectivity index (χ3n) is 2.59. The zero-order valence-corrected chi connectivity index (χ0v) is 11.1. The van der Waals surface area contributed by atoms with Crippen LogP contribution in [0.1, 0.15) is 24.4 Å². The van der Waals surface area contributed by atoms with Gasteiger partial charge in [-0.15, -0.1) is 0 Å². The van der Waals surface area contributed by atoms with Crippen LogP contribution in [0, 0.1) is 0 Å². The van der Waals surface area contributed by atoms with E-state index in [1.54, 1.807) is 19.1 Å². The second kappa shape index (κ2) is 5.47. The van der Waals surface area contributed by atoms with Gasteiger partial charge in [0.2, 0.25) is 10.0 Å². The van der Waals surface area contributed by atoms with E-state index in [0.717, 1.165) is 0 Å². The first-order valence-corrected chi connectivity index (χ1v) is 7.08. The fourth-order valence-electron chi connectivity index (χ4n) is 1.55. The van der Waals surface area contributed by atoms with Crippen LogP contribution in [0.3, 0.4) is 0 Å². The Labute approximate surface area is 110 Å². The Bertz CT molecular complexity index is 622. The average Bonchev–Trinajstić information content (AvgIpc) is 2.92. The molecule has 0 saturated heterocycles. The molecule has 0 saturated carbocycles. The lowest BCUT2D eigenvalue weighted by Gasteiger charge is -2.11. The van der Waals surface area contributed by atoms with Crippen LogP contribution in [0.5, 0.6) is 0 Å². The zero-order valence-electron chi connectivity index (χ0n) is 10.2. The number of sulfonamides is 1. The van der Waals surface area contributed by atoms with Crippen LogP contribution in [-0.4, -0.2) is 28.7 Å². The molecule has 0 spiro atoms. The van der Waals surface area contributed by atoms with Gasteiger partial charge >= 0.3 is 0 Å². The van der Waals surface area contributed by atoms with E-state index in [4.69, 9.17) is 5.11 Å². The van der Waals surface area contributed by atoms with E-state index in [-0.39, 0.29) is 11.5 Å². The number of benzene rings is 1. The second-order valence-electron chi connectivity index (χ2n) is 4.02. The fourth-order valence-corrected chi connectivity index (χ4v) is 2.76. The molecule has 7 nitrogen and oxygen atoms in total. The first kappa shape index (κ1) is 13.7. The molecule has 0 aliphatic carbocycles. The second-order valence-corrected chi connectivity index (χ2v) is 5.73. The maximum Gasteiger partial charge on any atom is 0.241 e. The number of hydrogen-bond acceptors (Lipinski definition) is 5. The topological polar surface area (TPSA) is 108 Å². The van der Waals surface area contributed by atoms with Crippen molar-refractivity contribution in [1.29, 1.82) is 0 Å². The summed E-state index contributed by atoms with van der Waals surface area (Å²) >= 11 is 0. The molecular formula is C11H14N4O3S. The van der Waals surface area contributed by atoms with Gasteiger partial charge in [-0.1, -0.05) is 12.1 Å². The van der Waals surface area contributed by atoms with Crippen molar-refractivity contribution in [3.05, 3.63) is 42.0 Å². The smallest absolute Gasteiger partial charge is 0.241 e. The van der Waals surface area contributed by atoms with E-state index in [1.165, 1.54) is 18.5 Å². The standard InChI is InChI=1S/C11H14N4O3S/c1-8(11-12-7-13-14-11)15-19(17,18)10-4-2-9(6-16)3-5-10/h2-5,7-8,15-16H,6H2,1H3,(H,12,13,14). The number of aromatic amines is 1.